The summed E-state index contributed by atoms with van der Waals surface area (Å²) < 4.78 is 11.1. The van der Waals surface area contributed by atoms with Gasteiger partial charge in [-0.15, -0.1) is 0 Å². The van der Waals surface area contributed by atoms with Gasteiger partial charge in [-0.25, -0.2) is 0 Å². The Morgan fingerprint density at radius 2 is 1.47 bits per heavy atom. The van der Waals surface area contributed by atoms with Gasteiger partial charge in [-0.2, -0.15) is 0 Å². The van der Waals surface area contributed by atoms with Gasteiger partial charge in [0.15, 0.2) is 0 Å². The van der Waals surface area contributed by atoms with Gasteiger partial charge in [0.2, 0.25) is 0 Å². The van der Waals surface area contributed by atoms with Gasteiger partial charge in [-0.3, -0.25) is 0 Å². The van der Waals surface area contributed by atoms with Gasteiger partial charge in [0.05, 0.1) is 13.2 Å². The summed E-state index contributed by atoms with van der Waals surface area (Å²) in [5, 5.41) is 3.34. The van der Waals surface area contributed by atoms with Gasteiger partial charge in [-0.05, 0) is 57.1 Å². The third kappa shape index (κ3) is 7.73. The van der Waals surface area contributed by atoms with E-state index in [1.54, 1.807) is 0 Å². The molecular weight excluding hydrogens is 238 g/mol. The SMILES string of the molecule is CCNCCCCCCOc1ccc(OCC)cc1. The van der Waals surface area contributed by atoms with Crippen LogP contribution < -0.4 is 14.8 Å². The van der Waals surface area contributed by atoms with Crippen molar-refractivity contribution < 1.29 is 9.47 Å². The number of hydrogen-bond donors (Lipinski definition) is 1. The molecule has 108 valence electrons. The van der Waals surface area contributed by atoms with Crippen molar-refractivity contribution in [3.63, 3.8) is 0 Å². The molecule has 1 aromatic rings. The van der Waals surface area contributed by atoms with Crippen molar-refractivity contribution in [2.24, 2.45) is 0 Å². The predicted octanol–water partition coefficient (Wildman–Crippen LogP) is 3.63. The zero-order chi connectivity index (χ0) is 13.8. The molecule has 3 heteroatoms. The van der Waals surface area contributed by atoms with E-state index in [1.165, 1.54) is 19.3 Å². The van der Waals surface area contributed by atoms with Crippen LogP contribution in [0.3, 0.4) is 0 Å². The Kier molecular flexibility index (Phi) is 8.90. The molecule has 0 amide bonds. The smallest absolute Gasteiger partial charge is 0.119 e. The normalized spacial score (nSPS) is 10.4. The van der Waals surface area contributed by atoms with Crippen LogP contribution in [-0.4, -0.2) is 26.3 Å². The van der Waals surface area contributed by atoms with Crippen molar-refractivity contribution in [2.75, 3.05) is 26.3 Å². The zero-order valence-corrected chi connectivity index (χ0v) is 12.3. The number of nitrogens with one attached hydrogen (secondary N) is 1. The van der Waals surface area contributed by atoms with Crippen molar-refractivity contribution >= 4 is 0 Å². The maximum Gasteiger partial charge on any atom is 0.119 e. The predicted molar refractivity (Wildman–Crippen MR) is 80.1 cm³/mol. The first-order valence-electron chi connectivity index (χ1n) is 7.43. The summed E-state index contributed by atoms with van der Waals surface area (Å²) in [6, 6.07) is 7.84. The van der Waals surface area contributed by atoms with Gasteiger partial charge in [-0.1, -0.05) is 19.8 Å². The monoisotopic (exact) mass is 265 g/mol. The Bertz CT molecular complexity index is 311. The maximum absolute atomic E-state index is 5.70. The van der Waals surface area contributed by atoms with E-state index in [1.807, 2.05) is 31.2 Å². The van der Waals surface area contributed by atoms with Gasteiger partial charge in [0, 0.05) is 0 Å². The van der Waals surface area contributed by atoms with E-state index < -0.39 is 0 Å². The molecule has 0 unspecified atom stereocenters. The second-order valence-electron chi connectivity index (χ2n) is 4.52. The molecule has 0 aliphatic heterocycles. The molecule has 1 N–H and O–H groups in total. The molecule has 3 nitrogen and oxygen atoms in total. The molecule has 1 aromatic carbocycles. The van der Waals surface area contributed by atoms with Gasteiger partial charge in [0.1, 0.15) is 11.5 Å². The largest absolute Gasteiger partial charge is 0.494 e. The number of benzene rings is 1. The lowest BCUT2D eigenvalue weighted by Crippen LogP contribution is -2.13. The van der Waals surface area contributed by atoms with Crippen LogP contribution in [0.1, 0.15) is 39.5 Å². The van der Waals surface area contributed by atoms with Crippen LogP contribution in [0.4, 0.5) is 0 Å². The van der Waals surface area contributed by atoms with Crippen LogP contribution in [0.25, 0.3) is 0 Å². The summed E-state index contributed by atoms with van der Waals surface area (Å²) in [4.78, 5) is 0. The van der Waals surface area contributed by atoms with E-state index in [4.69, 9.17) is 9.47 Å². The minimum Gasteiger partial charge on any atom is -0.494 e. The summed E-state index contributed by atoms with van der Waals surface area (Å²) in [6.07, 6.45) is 4.90. The van der Waals surface area contributed by atoms with Crippen molar-refractivity contribution in [1.82, 2.24) is 5.32 Å². The Balaban J connectivity index is 2.02. The minimum absolute atomic E-state index is 0.701. The van der Waals surface area contributed by atoms with E-state index >= 15 is 0 Å². The highest BCUT2D eigenvalue weighted by atomic mass is 16.5. The third-order valence-corrected chi connectivity index (χ3v) is 2.90. The van der Waals surface area contributed by atoms with Gasteiger partial charge >= 0.3 is 0 Å². The standard InChI is InChI=1S/C16H27NO2/c1-3-17-13-7-5-6-8-14-19-16-11-9-15(10-12-16)18-4-2/h9-12,17H,3-8,13-14H2,1-2H3. The first-order valence-corrected chi connectivity index (χ1v) is 7.43. The molecule has 0 heterocycles. The van der Waals surface area contributed by atoms with Crippen LogP contribution >= 0.6 is 0 Å². The second kappa shape index (κ2) is 10.7. The molecule has 0 spiro atoms. The fourth-order valence-electron chi connectivity index (χ4n) is 1.87. The van der Waals surface area contributed by atoms with Gasteiger partial charge in [0.25, 0.3) is 0 Å². The molecular formula is C16H27NO2. The molecule has 19 heavy (non-hydrogen) atoms. The Labute approximate surface area is 117 Å². The third-order valence-electron chi connectivity index (χ3n) is 2.90. The van der Waals surface area contributed by atoms with Crippen molar-refractivity contribution in [1.29, 1.82) is 0 Å². The molecule has 0 bridgehead atoms. The lowest BCUT2D eigenvalue weighted by Gasteiger charge is -2.07. The second-order valence-corrected chi connectivity index (χ2v) is 4.52. The fraction of sp³-hybridized carbons (Fsp3) is 0.625. The number of hydrogen-bond acceptors (Lipinski definition) is 3. The van der Waals surface area contributed by atoms with Gasteiger partial charge < -0.3 is 14.8 Å². The lowest BCUT2D eigenvalue weighted by molar-refractivity contribution is 0.302. The van der Waals surface area contributed by atoms with Crippen LogP contribution in [0, 0.1) is 0 Å². The molecule has 0 atom stereocenters. The molecule has 0 fully saturated rings. The fourth-order valence-corrected chi connectivity index (χ4v) is 1.87. The van der Waals surface area contributed by atoms with Crippen molar-refractivity contribution in [2.45, 2.75) is 39.5 Å². The van der Waals surface area contributed by atoms with E-state index in [2.05, 4.69) is 12.2 Å². The summed E-state index contributed by atoms with van der Waals surface area (Å²) in [7, 11) is 0. The Hall–Kier alpha value is -1.22. The average molecular weight is 265 g/mol. The molecule has 0 saturated heterocycles. The molecule has 0 aliphatic carbocycles. The molecule has 0 aliphatic rings. The van der Waals surface area contributed by atoms with Crippen molar-refractivity contribution in [3.8, 4) is 11.5 Å². The van der Waals surface area contributed by atoms with E-state index in [-0.39, 0.29) is 0 Å². The van der Waals surface area contributed by atoms with Crippen LogP contribution in [-0.2, 0) is 0 Å². The highest BCUT2D eigenvalue weighted by Gasteiger charge is 1.96. The molecule has 0 aromatic heterocycles. The number of ether oxygens (including phenoxy) is 2. The topological polar surface area (TPSA) is 30.5 Å². The highest BCUT2D eigenvalue weighted by Crippen LogP contribution is 2.17. The lowest BCUT2D eigenvalue weighted by atomic mass is 10.2. The quantitative estimate of drug-likeness (QED) is 0.620. The first kappa shape index (κ1) is 15.8. The average Bonchev–Trinajstić information content (AvgIpc) is 2.44. The van der Waals surface area contributed by atoms with Crippen LogP contribution in [0.15, 0.2) is 24.3 Å². The summed E-state index contributed by atoms with van der Waals surface area (Å²) >= 11 is 0. The summed E-state index contributed by atoms with van der Waals surface area (Å²) in [6.45, 7) is 7.84. The number of unbranched alkanes of at least 4 members (excludes halogenated alkanes) is 3. The summed E-state index contributed by atoms with van der Waals surface area (Å²) in [5.41, 5.74) is 0. The summed E-state index contributed by atoms with van der Waals surface area (Å²) in [5.74, 6) is 1.83. The Morgan fingerprint density at radius 1 is 0.842 bits per heavy atom. The maximum atomic E-state index is 5.70. The molecule has 1 rings (SSSR count). The number of rotatable bonds is 11. The molecule has 0 radical (unpaired) electrons. The van der Waals surface area contributed by atoms with E-state index in [0.717, 1.165) is 37.6 Å². The zero-order valence-electron chi connectivity index (χ0n) is 12.3. The minimum atomic E-state index is 0.701. The van der Waals surface area contributed by atoms with E-state index in [9.17, 15) is 0 Å². The highest BCUT2D eigenvalue weighted by molar-refractivity contribution is 5.31. The van der Waals surface area contributed by atoms with Crippen LogP contribution in [0.5, 0.6) is 11.5 Å². The molecule has 0 saturated carbocycles. The first-order chi connectivity index (χ1) is 9.36. The van der Waals surface area contributed by atoms with Crippen LogP contribution in [0.2, 0.25) is 0 Å². The van der Waals surface area contributed by atoms with Crippen molar-refractivity contribution in [3.05, 3.63) is 24.3 Å². The van der Waals surface area contributed by atoms with E-state index in [0.29, 0.717) is 6.61 Å². The Morgan fingerprint density at radius 3 is 2.11 bits per heavy atom.